The number of nitrogens with one attached hydrogen (secondary N) is 1. The molecule has 5 nitrogen and oxygen atoms in total. The van der Waals surface area contributed by atoms with Crippen LogP contribution in [0.1, 0.15) is 28.9 Å². The largest absolute Gasteiger partial charge is 0.480 e. The van der Waals surface area contributed by atoms with Crippen LogP contribution in [0.3, 0.4) is 0 Å². The molecule has 6 rings (SSSR count). The lowest BCUT2D eigenvalue weighted by Gasteiger charge is -2.14. The van der Waals surface area contributed by atoms with E-state index in [0.717, 1.165) is 56.5 Å². The summed E-state index contributed by atoms with van der Waals surface area (Å²) in [6, 6.07) is 44.3. The molecule has 6 heteroatoms. The van der Waals surface area contributed by atoms with Gasteiger partial charge in [0.15, 0.2) is 0 Å². The molecular weight excluding hydrogens is 591 g/mol. The van der Waals surface area contributed by atoms with E-state index in [2.05, 4.69) is 84.2 Å². The summed E-state index contributed by atoms with van der Waals surface area (Å²) < 4.78 is 6.34. The monoisotopic (exact) mass is 625 g/mol. The third kappa shape index (κ3) is 7.76. The van der Waals surface area contributed by atoms with E-state index in [9.17, 15) is 14.7 Å². The average Bonchev–Trinajstić information content (AvgIpc) is 3.46. The van der Waals surface area contributed by atoms with Crippen molar-refractivity contribution < 1.29 is 19.1 Å². The van der Waals surface area contributed by atoms with Crippen LogP contribution >= 0.6 is 11.8 Å². The average molecular weight is 626 g/mol. The topological polar surface area (TPSA) is 79.5 Å². The maximum Gasteiger partial charge on any atom is 0.327 e. The van der Waals surface area contributed by atoms with Crippen molar-refractivity contribution in [2.45, 2.75) is 31.1 Å². The Morgan fingerprint density at radius 3 is 1.93 bits per heavy atom. The highest BCUT2D eigenvalue weighted by molar-refractivity contribution is 7.98. The number of carboxylic acids is 1. The Balaban J connectivity index is 1.07. The summed E-state index contributed by atoms with van der Waals surface area (Å²) in [7, 11) is 0. The molecule has 0 fully saturated rings. The van der Waals surface area contributed by atoms with Crippen LogP contribution in [0.25, 0.3) is 33.2 Å². The van der Waals surface area contributed by atoms with E-state index in [1.54, 1.807) is 0 Å². The summed E-state index contributed by atoms with van der Waals surface area (Å²) in [5, 5.41) is 13.4. The predicted molar refractivity (Wildman–Crippen MR) is 187 cm³/mol. The first-order valence-corrected chi connectivity index (χ1v) is 16.6. The minimum absolute atomic E-state index is 0.249. The van der Waals surface area contributed by atoms with Crippen LogP contribution < -0.4 is 5.32 Å². The van der Waals surface area contributed by atoms with Gasteiger partial charge >= 0.3 is 5.97 Å². The highest BCUT2D eigenvalue weighted by Gasteiger charge is 2.20. The number of carbonyl (C=O) groups is 2. The van der Waals surface area contributed by atoms with Crippen LogP contribution in [0.2, 0.25) is 0 Å². The number of hydrogen-bond donors (Lipinski definition) is 2. The number of thioether (sulfide) groups is 1. The van der Waals surface area contributed by atoms with Gasteiger partial charge in [-0.05, 0) is 45.9 Å². The summed E-state index contributed by atoms with van der Waals surface area (Å²) in [5.74, 6) is 0.639. The Morgan fingerprint density at radius 2 is 1.26 bits per heavy atom. The van der Waals surface area contributed by atoms with Crippen molar-refractivity contribution in [2.75, 3.05) is 5.75 Å². The summed E-state index contributed by atoms with van der Waals surface area (Å²) in [4.78, 5) is 24.2. The van der Waals surface area contributed by atoms with Crippen LogP contribution in [0.4, 0.5) is 0 Å². The molecule has 0 aliphatic rings. The van der Waals surface area contributed by atoms with Crippen molar-refractivity contribution in [1.29, 1.82) is 0 Å². The van der Waals surface area contributed by atoms with Crippen LogP contribution in [0.15, 0.2) is 138 Å². The lowest BCUT2D eigenvalue weighted by Crippen LogP contribution is -2.42. The number of para-hydroxylation sites is 1. The Bertz CT molecular complexity index is 1900. The molecule has 2 N–H and O–H groups in total. The van der Waals surface area contributed by atoms with Crippen LogP contribution in [0.5, 0.6) is 0 Å². The fourth-order valence-corrected chi connectivity index (χ4v) is 6.59. The van der Waals surface area contributed by atoms with Gasteiger partial charge in [-0.1, -0.05) is 127 Å². The molecule has 1 heterocycles. The van der Waals surface area contributed by atoms with Crippen LogP contribution in [0, 0.1) is 0 Å². The van der Waals surface area contributed by atoms with Gasteiger partial charge in [0.1, 0.15) is 17.4 Å². The van der Waals surface area contributed by atoms with E-state index in [1.807, 2.05) is 54.6 Å². The van der Waals surface area contributed by atoms with E-state index in [0.29, 0.717) is 17.9 Å². The molecule has 5 aromatic carbocycles. The molecule has 0 saturated carbocycles. The molecule has 0 radical (unpaired) electrons. The fraction of sp³-hybridized carbons (Fsp3) is 0.150. The molecule has 0 spiro atoms. The lowest BCUT2D eigenvalue weighted by atomic mass is 9.96. The third-order valence-electron chi connectivity index (χ3n) is 8.01. The molecule has 46 heavy (non-hydrogen) atoms. The molecule has 1 atom stereocenters. The van der Waals surface area contributed by atoms with Gasteiger partial charge in [0, 0.05) is 35.3 Å². The number of aryl methyl sites for hydroxylation is 1. The number of carbonyl (C=O) groups excluding carboxylic acids is 1. The van der Waals surface area contributed by atoms with E-state index < -0.39 is 12.0 Å². The number of furan rings is 1. The minimum atomic E-state index is -1.02. The smallest absolute Gasteiger partial charge is 0.327 e. The molecule has 0 saturated heterocycles. The Kier molecular flexibility index (Phi) is 9.96. The number of rotatable bonds is 13. The van der Waals surface area contributed by atoms with Gasteiger partial charge in [-0.15, -0.1) is 0 Å². The van der Waals surface area contributed by atoms with Gasteiger partial charge in [0.05, 0.1) is 0 Å². The normalized spacial score (nSPS) is 11.7. The van der Waals surface area contributed by atoms with Gasteiger partial charge < -0.3 is 14.8 Å². The van der Waals surface area contributed by atoms with Crippen molar-refractivity contribution in [3.8, 4) is 22.3 Å². The number of amides is 1. The molecular formula is C40H35NO4S. The predicted octanol–water partition coefficient (Wildman–Crippen LogP) is 8.79. The summed E-state index contributed by atoms with van der Waals surface area (Å²) >= 11 is 1.50. The van der Waals surface area contributed by atoms with Crippen molar-refractivity contribution >= 4 is 34.6 Å². The van der Waals surface area contributed by atoms with Crippen LogP contribution in [-0.2, 0) is 28.2 Å². The van der Waals surface area contributed by atoms with Gasteiger partial charge in [-0.25, -0.2) is 4.79 Å². The molecule has 1 aromatic heterocycles. The Hall–Kier alpha value is -5.07. The van der Waals surface area contributed by atoms with E-state index in [1.165, 1.54) is 17.3 Å². The number of carboxylic acid groups (broad SMARTS) is 1. The molecule has 0 bridgehead atoms. The summed E-state index contributed by atoms with van der Waals surface area (Å²) in [6.45, 7) is 0. The summed E-state index contributed by atoms with van der Waals surface area (Å²) in [6.07, 6.45) is 1.56. The highest BCUT2D eigenvalue weighted by Crippen LogP contribution is 2.37. The van der Waals surface area contributed by atoms with E-state index in [-0.39, 0.29) is 12.3 Å². The zero-order valence-corrected chi connectivity index (χ0v) is 26.2. The van der Waals surface area contributed by atoms with Gasteiger partial charge in [-0.2, -0.15) is 11.8 Å². The molecule has 0 unspecified atom stereocenters. The molecule has 6 aromatic rings. The van der Waals surface area contributed by atoms with Crippen molar-refractivity contribution in [2.24, 2.45) is 0 Å². The second-order valence-electron chi connectivity index (χ2n) is 11.3. The maximum atomic E-state index is 12.4. The summed E-state index contributed by atoms with van der Waals surface area (Å²) in [5.41, 5.74) is 8.72. The number of fused-ring (bicyclic) bond motifs is 1. The second-order valence-corrected chi connectivity index (χ2v) is 12.3. The first kappa shape index (κ1) is 30.9. The maximum absolute atomic E-state index is 12.4. The fourth-order valence-electron chi connectivity index (χ4n) is 5.58. The number of hydrogen-bond acceptors (Lipinski definition) is 4. The first-order chi connectivity index (χ1) is 22.5. The zero-order valence-electron chi connectivity index (χ0n) is 25.4. The molecule has 230 valence electrons. The Morgan fingerprint density at radius 1 is 0.674 bits per heavy atom. The van der Waals surface area contributed by atoms with E-state index >= 15 is 0 Å². The van der Waals surface area contributed by atoms with Gasteiger partial charge in [0.2, 0.25) is 5.91 Å². The number of aliphatic carboxylic acids is 1. The molecule has 0 aliphatic heterocycles. The SMILES string of the molecule is O=C(CCc1ccccc1)N[C@@H](CSCc1ccc(-c2ccc(-c3c(Cc4ccccc4)oc4ccccc34)cc2)cc1)C(=O)O. The minimum Gasteiger partial charge on any atom is -0.480 e. The highest BCUT2D eigenvalue weighted by atomic mass is 32.2. The quantitative estimate of drug-likeness (QED) is 0.134. The second kappa shape index (κ2) is 14.8. The van der Waals surface area contributed by atoms with E-state index in [4.69, 9.17) is 4.42 Å². The van der Waals surface area contributed by atoms with Crippen molar-refractivity contribution in [3.05, 3.63) is 156 Å². The van der Waals surface area contributed by atoms with Gasteiger partial charge in [0.25, 0.3) is 0 Å². The van der Waals surface area contributed by atoms with Crippen LogP contribution in [-0.4, -0.2) is 28.8 Å². The standard InChI is InChI=1S/C40H35NO4S/c42-38(24-17-28-9-3-1-4-10-28)41-35(40(43)44)27-46-26-30-15-18-31(19-16-30)32-20-22-33(23-21-32)39-34-13-7-8-14-36(34)45-37(39)25-29-11-5-2-6-12-29/h1-16,18-23,35H,17,24-27H2,(H,41,42)(H,43,44)/t35-/m0/s1. The Labute approximate surface area is 273 Å². The lowest BCUT2D eigenvalue weighted by molar-refractivity contribution is -0.141. The van der Waals surface area contributed by atoms with Crippen molar-refractivity contribution in [3.63, 3.8) is 0 Å². The molecule has 1 amide bonds. The number of benzene rings is 5. The zero-order chi connectivity index (χ0) is 31.7. The molecule has 0 aliphatic carbocycles. The third-order valence-corrected chi connectivity index (χ3v) is 9.11. The first-order valence-electron chi connectivity index (χ1n) is 15.4. The van der Waals surface area contributed by atoms with Crippen molar-refractivity contribution in [1.82, 2.24) is 5.32 Å². The van der Waals surface area contributed by atoms with Gasteiger partial charge in [-0.3, -0.25) is 4.79 Å².